The van der Waals surface area contributed by atoms with Crippen molar-refractivity contribution in [2.75, 3.05) is 13.2 Å². The van der Waals surface area contributed by atoms with Gasteiger partial charge in [-0.3, -0.25) is 0 Å². The van der Waals surface area contributed by atoms with Crippen LogP contribution >= 0.6 is 0 Å². The number of aromatic hydroxyl groups is 5. The van der Waals surface area contributed by atoms with Gasteiger partial charge in [0.25, 0.3) is 0 Å². The molecule has 3 heterocycles. The fourth-order valence-corrected chi connectivity index (χ4v) is 7.22. The standard InChI is InChI=1S/C40H42O18/c41-14-25-29(48)31(50)33(52)39(54-25)57-36-22(45)12-19(13-23(36)46)28-27-18(4-1-16-2-7-20(43)8-3-16)11-24(47)37(38(27)56-35(28)17-5-9-21(44)10-6-17)58-40-34(53)32(51)30(49)26(15-42)55-40/h1-13,25-26,28-35,39-53H,14-15H2/t25-,26-,28+,29-,30-,31+,32+,33-,34-,35-,39+,40+/m0/s1. The van der Waals surface area contributed by atoms with Gasteiger partial charge in [0, 0.05) is 5.56 Å². The molecule has 0 bridgehead atoms. The number of hydrogen-bond donors (Lipinski definition) is 13. The van der Waals surface area contributed by atoms with Crippen LogP contribution in [-0.2, 0) is 9.47 Å². The van der Waals surface area contributed by atoms with Crippen LogP contribution in [0.15, 0.2) is 66.7 Å². The minimum absolute atomic E-state index is 0.0224. The van der Waals surface area contributed by atoms with Crippen molar-refractivity contribution in [1.82, 2.24) is 0 Å². The third-order valence-corrected chi connectivity index (χ3v) is 10.3. The van der Waals surface area contributed by atoms with Gasteiger partial charge in [-0.15, -0.1) is 0 Å². The Bertz CT molecular complexity index is 2080. The molecule has 0 amide bonds. The largest absolute Gasteiger partial charge is 0.508 e. The Morgan fingerprint density at radius 3 is 1.53 bits per heavy atom. The first kappa shape index (κ1) is 40.8. The van der Waals surface area contributed by atoms with Gasteiger partial charge in [-0.2, -0.15) is 0 Å². The predicted octanol–water partition coefficient (Wildman–Crippen LogP) is 0.00800. The molecule has 12 atom stereocenters. The Balaban J connectivity index is 1.36. The van der Waals surface area contributed by atoms with E-state index in [1.54, 1.807) is 36.4 Å². The molecule has 18 heteroatoms. The summed E-state index contributed by atoms with van der Waals surface area (Å²) in [4.78, 5) is 0. The highest BCUT2D eigenvalue weighted by molar-refractivity contribution is 5.78. The Kier molecular flexibility index (Phi) is 11.6. The molecule has 4 aromatic carbocycles. The first-order valence-electron chi connectivity index (χ1n) is 18.0. The third kappa shape index (κ3) is 7.65. The number of phenolic OH excluding ortho intramolecular Hbond substituents is 5. The number of hydrogen-bond acceptors (Lipinski definition) is 18. The van der Waals surface area contributed by atoms with Crippen LogP contribution in [0.25, 0.3) is 12.2 Å². The molecule has 2 fully saturated rings. The molecular weight excluding hydrogens is 768 g/mol. The van der Waals surface area contributed by atoms with Gasteiger partial charge in [0.05, 0.1) is 19.1 Å². The Morgan fingerprint density at radius 1 is 0.534 bits per heavy atom. The van der Waals surface area contributed by atoms with E-state index in [0.29, 0.717) is 16.7 Å². The zero-order valence-electron chi connectivity index (χ0n) is 30.2. The van der Waals surface area contributed by atoms with Crippen molar-refractivity contribution in [3.63, 3.8) is 0 Å². The highest BCUT2D eigenvalue weighted by Crippen LogP contribution is 2.59. The summed E-state index contributed by atoms with van der Waals surface area (Å²) in [6.07, 6.45) is -14.9. The maximum Gasteiger partial charge on any atom is 0.229 e. The molecule has 0 aliphatic carbocycles. The van der Waals surface area contributed by atoms with Crippen molar-refractivity contribution < 1.29 is 90.1 Å². The Labute approximate surface area is 329 Å². The summed E-state index contributed by atoms with van der Waals surface area (Å²) in [7, 11) is 0. The van der Waals surface area contributed by atoms with Crippen LogP contribution < -0.4 is 14.2 Å². The van der Waals surface area contributed by atoms with E-state index in [-0.39, 0.29) is 28.4 Å². The Morgan fingerprint density at radius 2 is 1.02 bits per heavy atom. The average molecular weight is 811 g/mol. The molecule has 4 aromatic rings. The molecule has 0 radical (unpaired) electrons. The van der Waals surface area contributed by atoms with Crippen molar-refractivity contribution in [3.8, 4) is 46.0 Å². The SMILES string of the molecule is OC[C@@H]1O[C@H](Oc2c(O)cc([C@@H]3c4c(C=Cc5ccc(O)cc5)cc(O)c(O[C@H]5O[C@@H](CO)[C@H](O)[C@@H](O)[C@@H]5O)c4O[C@H]3c3ccc(O)cc3)cc2O)[C@@H](O)[C@H](O)[C@H]1O. The van der Waals surface area contributed by atoms with E-state index in [2.05, 4.69) is 0 Å². The van der Waals surface area contributed by atoms with Gasteiger partial charge in [-0.1, -0.05) is 36.4 Å². The zero-order chi connectivity index (χ0) is 41.6. The van der Waals surface area contributed by atoms with Gasteiger partial charge in [0.1, 0.15) is 66.4 Å². The summed E-state index contributed by atoms with van der Waals surface area (Å²) >= 11 is 0. The van der Waals surface area contributed by atoms with Crippen molar-refractivity contribution in [2.24, 2.45) is 0 Å². The molecule has 18 nitrogen and oxygen atoms in total. The van der Waals surface area contributed by atoms with Gasteiger partial charge in [-0.25, -0.2) is 0 Å². The molecule has 58 heavy (non-hydrogen) atoms. The highest BCUT2D eigenvalue weighted by atomic mass is 16.7. The number of phenols is 5. The van der Waals surface area contributed by atoms with Crippen LogP contribution in [0.2, 0.25) is 0 Å². The molecule has 0 spiro atoms. The zero-order valence-corrected chi connectivity index (χ0v) is 30.2. The Hall–Kier alpha value is -5.38. The van der Waals surface area contributed by atoms with Crippen molar-refractivity contribution >= 4 is 12.2 Å². The lowest BCUT2D eigenvalue weighted by Crippen LogP contribution is -2.60. The van der Waals surface area contributed by atoms with Crippen LogP contribution in [0.3, 0.4) is 0 Å². The number of rotatable bonds is 10. The summed E-state index contributed by atoms with van der Waals surface area (Å²) in [5.41, 5.74) is 1.80. The predicted molar refractivity (Wildman–Crippen MR) is 197 cm³/mol. The summed E-state index contributed by atoms with van der Waals surface area (Å²) in [5.74, 6) is -4.13. The second-order valence-electron chi connectivity index (χ2n) is 14.1. The minimum atomic E-state index is -1.88. The van der Waals surface area contributed by atoms with Crippen molar-refractivity contribution in [2.45, 2.75) is 73.4 Å². The van der Waals surface area contributed by atoms with E-state index in [1.165, 1.54) is 42.5 Å². The minimum Gasteiger partial charge on any atom is -0.508 e. The molecule has 0 saturated carbocycles. The second kappa shape index (κ2) is 16.5. The molecule has 3 aliphatic heterocycles. The number of ether oxygens (including phenoxy) is 5. The number of benzene rings is 4. The number of aliphatic hydroxyl groups excluding tert-OH is 8. The van der Waals surface area contributed by atoms with Crippen molar-refractivity contribution in [1.29, 1.82) is 0 Å². The normalized spacial score (nSPS) is 30.8. The first-order chi connectivity index (χ1) is 27.7. The van der Waals surface area contributed by atoms with E-state index in [0.717, 1.165) is 0 Å². The molecule has 3 aliphatic rings. The molecule has 2 saturated heterocycles. The third-order valence-electron chi connectivity index (χ3n) is 10.3. The lowest BCUT2D eigenvalue weighted by Gasteiger charge is -2.39. The summed E-state index contributed by atoms with van der Waals surface area (Å²) in [5, 5.41) is 136. The topological polar surface area (TPSA) is 309 Å². The fraction of sp³-hybridized carbons (Fsp3) is 0.350. The molecule has 7 rings (SSSR count). The monoisotopic (exact) mass is 810 g/mol. The van der Waals surface area contributed by atoms with E-state index in [1.807, 2.05) is 0 Å². The van der Waals surface area contributed by atoms with Crippen LogP contribution in [0, 0.1) is 0 Å². The van der Waals surface area contributed by atoms with E-state index in [4.69, 9.17) is 23.7 Å². The maximum absolute atomic E-state index is 11.5. The van der Waals surface area contributed by atoms with Crippen LogP contribution in [0.4, 0.5) is 0 Å². The highest BCUT2D eigenvalue weighted by Gasteiger charge is 2.48. The lowest BCUT2D eigenvalue weighted by atomic mass is 9.82. The van der Waals surface area contributed by atoms with Gasteiger partial charge in [-0.05, 0) is 64.7 Å². The molecule has 0 unspecified atom stereocenters. The van der Waals surface area contributed by atoms with E-state index < -0.39 is 115 Å². The van der Waals surface area contributed by atoms with Crippen molar-refractivity contribution in [3.05, 3.63) is 94.5 Å². The van der Waals surface area contributed by atoms with Crippen LogP contribution in [-0.4, -0.2) is 141 Å². The summed E-state index contributed by atoms with van der Waals surface area (Å²) in [6.45, 7) is -1.52. The fourth-order valence-electron chi connectivity index (χ4n) is 7.22. The number of fused-ring (bicyclic) bond motifs is 1. The summed E-state index contributed by atoms with van der Waals surface area (Å²) < 4.78 is 29.0. The molecular formula is C40H42O18. The van der Waals surface area contributed by atoms with Gasteiger partial charge in [0.15, 0.2) is 23.0 Å². The van der Waals surface area contributed by atoms with Gasteiger partial charge < -0.3 is 90.1 Å². The second-order valence-corrected chi connectivity index (χ2v) is 14.1. The van der Waals surface area contributed by atoms with Crippen LogP contribution in [0.5, 0.6) is 46.0 Å². The molecule has 310 valence electrons. The van der Waals surface area contributed by atoms with E-state index >= 15 is 0 Å². The van der Waals surface area contributed by atoms with Crippen LogP contribution in [0.1, 0.15) is 39.8 Å². The average Bonchev–Trinajstić information content (AvgIpc) is 3.61. The van der Waals surface area contributed by atoms with Gasteiger partial charge in [0.2, 0.25) is 24.1 Å². The number of aliphatic hydroxyl groups is 8. The maximum atomic E-state index is 11.5. The molecule has 0 aromatic heterocycles. The first-order valence-corrected chi connectivity index (χ1v) is 18.0. The smallest absolute Gasteiger partial charge is 0.229 e. The van der Waals surface area contributed by atoms with E-state index in [9.17, 15) is 66.4 Å². The molecule has 13 N–H and O–H groups in total. The summed E-state index contributed by atoms with van der Waals surface area (Å²) in [6, 6.07) is 15.7. The quantitative estimate of drug-likeness (QED) is 0.0939. The van der Waals surface area contributed by atoms with Gasteiger partial charge >= 0.3 is 0 Å². The lowest BCUT2D eigenvalue weighted by molar-refractivity contribution is -0.277.